The van der Waals surface area contributed by atoms with Crippen molar-refractivity contribution in [3.8, 4) is 0 Å². The van der Waals surface area contributed by atoms with Gasteiger partial charge in [-0.1, -0.05) is 44.2 Å². The van der Waals surface area contributed by atoms with Crippen molar-refractivity contribution in [1.82, 2.24) is 5.32 Å². The van der Waals surface area contributed by atoms with E-state index < -0.39 is 17.4 Å². The summed E-state index contributed by atoms with van der Waals surface area (Å²) < 4.78 is 5.00. The number of hydrogen-bond acceptors (Lipinski definition) is 3. The molecule has 5 heteroatoms. The molecule has 0 bridgehead atoms. The maximum Gasteiger partial charge on any atom is 0.408 e. The predicted molar refractivity (Wildman–Crippen MR) is 69.2 cm³/mol. The lowest BCUT2D eigenvalue weighted by Crippen LogP contribution is -2.42. The molecule has 1 amide bonds. The number of hydrogen-bond donors (Lipinski definition) is 1. The molecule has 0 aromatic heterocycles. The second kappa shape index (κ2) is 7.01. The number of alkyl carbamates (subject to hydrolysis) is 1. The summed E-state index contributed by atoms with van der Waals surface area (Å²) in [6, 6.07) is 8.56. The molecule has 1 rings (SSSR count). The van der Waals surface area contributed by atoms with Gasteiger partial charge in [-0.25, -0.2) is 4.79 Å². The second-order valence-corrected chi connectivity index (χ2v) is 4.60. The average molecular weight is 270 g/mol. The molecular formula is C13H16ClNO3. The summed E-state index contributed by atoms with van der Waals surface area (Å²) in [5.41, 5.74) is 0.881. The molecule has 0 aliphatic carbocycles. The van der Waals surface area contributed by atoms with Gasteiger partial charge in [-0.3, -0.25) is 4.79 Å². The first-order valence-corrected chi connectivity index (χ1v) is 6.05. The summed E-state index contributed by atoms with van der Waals surface area (Å²) in [4.78, 5) is 22.6. The molecule has 0 heterocycles. The summed E-state index contributed by atoms with van der Waals surface area (Å²) in [5, 5.41) is 1.85. The van der Waals surface area contributed by atoms with E-state index in [1.165, 1.54) is 0 Å². The lowest BCUT2D eigenvalue weighted by molar-refractivity contribution is -0.114. The van der Waals surface area contributed by atoms with Crippen LogP contribution in [0.3, 0.4) is 0 Å². The van der Waals surface area contributed by atoms with Gasteiger partial charge in [0, 0.05) is 0 Å². The van der Waals surface area contributed by atoms with E-state index in [-0.39, 0.29) is 12.5 Å². The van der Waals surface area contributed by atoms with E-state index >= 15 is 0 Å². The van der Waals surface area contributed by atoms with E-state index in [4.69, 9.17) is 16.3 Å². The van der Waals surface area contributed by atoms with Gasteiger partial charge < -0.3 is 10.1 Å². The highest BCUT2D eigenvalue weighted by molar-refractivity contribution is 6.64. The number of carbonyl (C=O) groups is 2. The number of carbonyl (C=O) groups excluding carboxylic acids is 2. The minimum Gasteiger partial charge on any atom is -0.445 e. The summed E-state index contributed by atoms with van der Waals surface area (Å²) in [6.45, 7) is 3.75. The minimum absolute atomic E-state index is 0.0840. The first kappa shape index (κ1) is 14.5. The van der Waals surface area contributed by atoms with E-state index in [9.17, 15) is 9.59 Å². The summed E-state index contributed by atoms with van der Waals surface area (Å²) in [5.74, 6) is -0.0840. The van der Waals surface area contributed by atoms with Crippen LogP contribution in [0.4, 0.5) is 4.79 Å². The molecule has 1 unspecified atom stereocenters. The molecule has 0 aliphatic heterocycles. The molecule has 98 valence electrons. The molecule has 0 saturated carbocycles. The van der Waals surface area contributed by atoms with Crippen LogP contribution in [0.25, 0.3) is 0 Å². The molecule has 4 nitrogen and oxygen atoms in total. The molecule has 0 saturated heterocycles. The molecule has 0 aliphatic rings. The third-order valence-corrected chi connectivity index (χ3v) is 2.63. The molecule has 0 fully saturated rings. The summed E-state index contributed by atoms with van der Waals surface area (Å²) in [7, 11) is 0. The molecule has 1 aromatic carbocycles. The van der Waals surface area contributed by atoms with Crippen molar-refractivity contribution in [2.24, 2.45) is 5.92 Å². The highest BCUT2D eigenvalue weighted by Crippen LogP contribution is 2.06. The summed E-state index contributed by atoms with van der Waals surface area (Å²) in [6.07, 6.45) is -0.647. The fourth-order valence-electron chi connectivity index (χ4n) is 1.38. The molecule has 0 spiro atoms. The van der Waals surface area contributed by atoms with Gasteiger partial charge in [-0.05, 0) is 23.1 Å². The second-order valence-electron chi connectivity index (χ2n) is 4.23. The average Bonchev–Trinajstić information content (AvgIpc) is 2.34. The zero-order chi connectivity index (χ0) is 13.5. The van der Waals surface area contributed by atoms with Gasteiger partial charge in [0.2, 0.25) is 5.24 Å². The zero-order valence-corrected chi connectivity index (χ0v) is 11.1. The number of benzene rings is 1. The first-order valence-electron chi connectivity index (χ1n) is 5.67. The van der Waals surface area contributed by atoms with Crippen LogP contribution in [0.15, 0.2) is 30.3 Å². The van der Waals surface area contributed by atoms with E-state index in [1.807, 2.05) is 30.3 Å². The van der Waals surface area contributed by atoms with Crippen molar-refractivity contribution >= 4 is 22.9 Å². The van der Waals surface area contributed by atoms with Crippen molar-refractivity contribution in [3.05, 3.63) is 35.9 Å². The summed E-state index contributed by atoms with van der Waals surface area (Å²) >= 11 is 5.39. The Morgan fingerprint density at radius 1 is 1.28 bits per heavy atom. The van der Waals surface area contributed by atoms with Gasteiger partial charge in [0.05, 0.1) is 0 Å². The standard InChI is InChI=1S/C13H16ClNO3/c1-9(2)11(12(14)16)15-13(17)18-8-10-6-4-3-5-7-10/h3-7,9,11H,8H2,1-2H3,(H,15,17). The molecular weight excluding hydrogens is 254 g/mol. The Hall–Kier alpha value is -1.55. The van der Waals surface area contributed by atoms with Crippen molar-refractivity contribution < 1.29 is 14.3 Å². The zero-order valence-electron chi connectivity index (χ0n) is 10.4. The van der Waals surface area contributed by atoms with E-state index in [1.54, 1.807) is 13.8 Å². The van der Waals surface area contributed by atoms with Crippen molar-refractivity contribution in [2.75, 3.05) is 0 Å². The van der Waals surface area contributed by atoms with Gasteiger partial charge in [0.25, 0.3) is 0 Å². The number of ether oxygens (including phenoxy) is 1. The van der Waals surface area contributed by atoms with E-state index in [2.05, 4.69) is 5.32 Å². The van der Waals surface area contributed by atoms with Crippen molar-refractivity contribution in [1.29, 1.82) is 0 Å². The number of nitrogens with one attached hydrogen (secondary N) is 1. The van der Waals surface area contributed by atoms with Crippen molar-refractivity contribution in [3.63, 3.8) is 0 Å². The van der Waals surface area contributed by atoms with Crippen molar-refractivity contribution in [2.45, 2.75) is 26.5 Å². The molecule has 0 radical (unpaired) electrons. The monoisotopic (exact) mass is 269 g/mol. The van der Waals surface area contributed by atoms with Crippen LogP contribution in [-0.2, 0) is 16.1 Å². The Kier molecular flexibility index (Phi) is 5.65. The van der Waals surface area contributed by atoms with Crippen LogP contribution in [-0.4, -0.2) is 17.4 Å². The maximum atomic E-state index is 11.5. The Morgan fingerprint density at radius 3 is 2.39 bits per heavy atom. The Bertz CT molecular complexity index is 406. The van der Waals surface area contributed by atoms with Crippen LogP contribution < -0.4 is 5.32 Å². The van der Waals surface area contributed by atoms with Crippen LogP contribution >= 0.6 is 11.6 Å². The van der Waals surface area contributed by atoms with Crippen LogP contribution in [0, 0.1) is 5.92 Å². The molecule has 18 heavy (non-hydrogen) atoms. The predicted octanol–water partition coefficient (Wildman–Crippen LogP) is 2.70. The van der Waals surface area contributed by atoms with E-state index in [0.717, 1.165) is 5.56 Å². The highest BCUT2D eigenvalue weighted by atomic mass is 35.5. The quantitative estimate of drug-likeness (QED) is 0.836. The van der Waals surface area contributed by atoms with Gasteiger partial charge in [-0.2, -0.15) is 0 Å². The third kappa shape index (κ3) is 4.75. The number of rotatable bonds is 5. The lowest BCUT2D eigenvalue weighted by Gasteiger charge is -2.17. The largest absolute Gasteiger partial charge is 0.445 e. The third-order valence-electron chi connectivity index (χ3n) is 2.40. The van der Waals surface area contributed by atoms with E-state index in [0.29, 0.717) is 0 Å². The Balaban J connectivity index is 2.44. The van der Waals surface area contributed by atoms with Crippen LogP contribution in [0.1, 0.15) is 19.4 Å². The van der Waals surface area contributed by atoms with Gasteiger partial charge >= 0.3 is 6.09 Å². The fraction of sp³-hybridized carbons (Fsp3) is 0.385. The maximum absolute atomic E-state index is 11.5. The fourth-order valence-corrected chi connectivity index (χ4v) is 1.68. The van der Waals surface area contributed by atoms with Gasteiger partial charge in [0.15, 0.2) is 0 Å². The van der Waals surface area contributed by atoms with Crippen LogP contribution in [0.2, 0.25) is 0 Å². The van der Waals surface area contributed by atoms with Crippen LogP contribution in [0.5, 0.6) is 0 Å². The molecule has 1 aromatic rings. The Morgan fingerprint density at radius 2 is 1.89 bits per heavy atom. The SMILES string of the molecule is CC(C)C(NC(=O)OCc1ccccc1)C(=O)Cl. The molecule has 1 atom stereocenters. The number of amides is 1. The highest BCUT2D eigenvalue weighted by Gasteiger charge is 2.22. The smallest absolute Gasteiger partial charge is 0.408 e. The Labute approximate surface area is 111 Å². The number of halogens is 1. The molecule has 1 N–H and O–H groups in total. The normalized spacial score (nSPS) is 12.0. The topological polar surface area (TPSA) is 55.4 Å². The van der Waals surface area contributed by atoms with Gasteiger partial charge in [-0.15, -0.1) is 0 Å². The lowest BCUT2D eigenvalue weighted by atomic mass is 10.1. The van der Waals surface area contributed by atoms with Gasteiger partial charge in [0.1, 0.15) is 12.6 Å². The first-order chi connectivity index (χ1) is 8.50. The minimum atomic E-state index is -0.727.